The summed E-state index contributed by atoms with van der Waals surface area (Å²) in [4.78, 5) is 44.9. The van der Waals surface area contributed by atoms with Gasteiger partial charge >= 0.3 is 0 Å². The Bertz CT molecular complexity index is 3550. The third-order valence-corrected chi connectivity index (χ3v) is 17.8. The number of anilines is 1. The number of fused-ring (bicyclic) bond motifs is 1. The Morgan fingerprint density at radius 2 is 1.14 bits per heavy atom. The minimum atomic E-state index is -1.36. The number of thioether (sulfide) groups is 1. The number of carbonyl (C=O) groups excluding carboxylic acids is 2. The largest absolute Gasteiger partial charge is 0.469 e. The molecule has 0 saturated carbocycles. The topological polar surface area (TPSA) is 124 Å². The number of thiocarbonyl (C=S) groups is 1. The molecule has 8 aromatic carbocycles. The third kappa shape index (κ3) is 11.3. The van der Waals surface area contributed by atoms with Crippen molar-refractivity contribution in [3.63, 3.8) is 0 Å². The number of hydrogen-bond donors (Lipinski definition) is 2. The lowest BCUT2D eigenvalue weighted by molar-refractivity contribution is -0.272. The molecule has 3 atom stereocenters. The van der Waals surface area contributed by atoms with Crippen LogP contribution in [0.15, 0.2) is 264 Å². The monoisotopic (exact) mass is 1160 g/mol. The van der Waals surface area contributed by atoms with Gasteiger partial charge in [-0.2, -0.15) is 0 Å². The van der Waals surface area contributed by atoms with Crippen LogP contribution in [-0.4, -0.2) is 68.1 Å². The van der Waals surface area contributed by atoms with Crippen LogP contribution in [-0.2, 0) is 39.8 Å². The van der Waals surface area contributed by atoms with Crippen molar-refractivity contribution in [2.75, 3.05) is 17.7 Å². The van der Waals surface area contributed by atoms with Crippen LogP contribution in [0.25, 0.3) is 0 Å². The lowest BCUT2D eigenvalue weighted by Gasteiger charge is -2.51. The van der Waals surface area contributed by atoms with Crippen LogP contribution in [0.2, 0.25) is 0 Å². The van der Waals surface area contributed by atoms with Gasteiger partial charge in [0.1, 0.15) is 28.8 Å². The number of carbonyl (C=O) groups is 2. The molecule has 12 rings (SSSR count). The van der Waals surface area contributed by atoms with Gasteiger partial charge in [0.15, 0.2) is 16.6 Å². The lowest BCUT2D eigenvalue weighted by atomic mass is 9.77. The molecule has 84 heavy (non-hydrogen) atoms. The van der Waals surface area contributed by atoms with Gasteiger partial charge in [0.2, 0.25) is 10.7 Å². The van der Waals surface area contributed by atoms with E-state index < -0.39 is 40.4 Å². The molecular weight excluding hydrogens is 1100 g/mol. The molecule has 3 aliphatic rings. The molecule has 2 fully saturated rings. The average molecular weight is 1160 g/mol. The van der Waals surface area contributed by atoms with E-state index in [1.165, 1.54) is 11.3 Å². The van der Waals surface area contributed by atoms with Crippen molar-refractivity contribution in [1.82, 2.24) is 15.2 Å². The summed E-state index contributed by atoms with van der Waals surface area (Å²) in [6.07, 6.45) is 0.383. The third-order valence-electron chi connectivity index (χ3n) is 15.5. The fourth-order valence-corrected chi connectivity index (χ4v) is 14.0. The van der Waals surface area contributed by atoms with Crippen LogP contribution in [0.3, 0.4) is 0 Å². The maximum atomic E-state index is 15.7. The number of nitrogens with one attached hydrogen (secondary N) is 2. The zero-order chi connectivity index (χ0) is 57.5. The van der Waals surface area contributed by atoms with Crippen molar-refractivity contribution >= 4 is 63.0 Å². The van der Waals surface area contributed by atoms with Crippen molar-refractivity contribution < 1.29 is 28.6 Å². The quantitative estimate of drug-likeness (QED) is 0.0266. The number of thiazole rings is 1. The minimum Gasteiger partial charge on any atom is -0.469 e. The second-order valence-corrected chi connectivity index (χ2v) is 23.6. The van der Waals surface area contributed by atoms with Gasteiger partial charge in [-0.3, -0.25) is 14.5 Å². The molecule has 4 heterocycles. The van der Waals surface area contributed by atoms with Gasteiger partial charge in [-0.15, -0.1) is 23.1 Å². The highest BCUT2D eigenvalue weighted by Gasteiger charge is 2.55. The van der Waals surface area contributed by atoms with Gasteiger partial charge in [0.25, 0.3) is 11.8 Å². The molecule has 0 spiro atoms. The van der Waals surface area contributed by atoms with Gasteiger partial charge < -0.3 is 29.7 Å². The first kappa shape index (κ1) is 56.0. The minimum absolute atomic E-state index is 0.133. The van der Waals surface area contributed by atoms with Crippen LogP contribution in [0.1, 0.15) is 83.0 Å². The highest BCUT2D eigenvalue weighted by atomic mass is 32.2. The Morgan fingerprint density at radius 1 is 0.690 bits per heavy atom. The number of benzene rings is 8. The van der Waals surface area contributed by atoms with E-state index in [1.54, 1.807) is 22.0 Å². The molecule has 1 aromatic heterocycles. The first-order chi connectivity index (χ1) is 41.1. The first-order valence-corrected chi connectivity index (χ1v) is 30.4. The summed E-state index contributed by atoms with van der Waals surface area (Å²) in [5, 5.41) is 13.9. The Balaban J connectivity index is 0.935. The number of hydrogen-bond acceptors (Lipinski definition) is 12. The van der Waals surface area contributed by atoms with E-state index in [0.717, 1.165) is 50.1 Å². The Hall–Kier alpha value is -8.50. The van der Waals surface area contributed by atoms with Gasteiger partial charge in [0.05, 0.1) is 18.4 Å². The number of nitrogens with zero attached hydrogens (tertiary/aromatic N) is 3. The summed E-state index contributed by atoms with van der Waals surface area (Å²) in [5.41, 5.74) is 6.31. The van der Waals surface area contributed by atoms with E-state index in [1.807, 2.05) is 220 Å². The molecule has 420 valence electrons. The molecule has 0 radical (unpaired) electrons. The Morgan fingerprint density at radius 3 is 1.61 bits per heavy atom. The molecule has 0 aliphatic carbocycles. The van der Waals surface area contributed by atoms with Gasteiger partial charge in [-0.25, -0.2) is 4.98 Å². The van der Waals surface area contributed by atoms with E-state index in [-0.39, 0.29) is 28.5 Å². The molecule has 3 aliphatic heterocycles. The van der Waals surface area contributed by atoms with Crippen molar-refractivity contribution in [2.24, 2.45) is 5.16 Å². The number of β-lactam (4-membered cyclic amide) rings is 1. The summed E-state index contributed by atoms with van der Waals surface area (Å²) in [6.45, 7) is 4.35. The van der Waals surface area contributed by atoms with Gasteiger partial charge in [-0.1, -0.05) is 248 Å². The molecule has 2 N–H and O–H groups in total. The van der Waals surface area contributed by atoms with E-state index in [2.05, 4.69) is 47.0 Å². The zero-order valence-electron chi connectivity index (χ0n) is 46.3. The highest BCUT2D eigenvalue weighted by molar-refractivity contribution is 8.00. The second kappa shape index (κ2) is 24.8. The van der Waals surface area contributed by atoms with Crippen molar-refractivity contribution in [3.05, 3.63) is 310 Å². The Kier molecular flexibility index (Phi) is 16.5. The van der Waals surface area contributed by atoms with Crippen LogP contribution in [0.4, 0.5) is 5.13 Å². The Labute approximate surface area is 503 Å². The number of amides is 2. The molecule has 0 bridgehead atoms. The number of aromatic nitrogens is 1. The predicted molar refractivity (Wildman–Crippen MR) is 336 cm³/mol. The van der Waals surface area contributed by atoms with E-state index in [0.29, 0.717) is 36.0 Å². The molecule has 9 aromatic rings. The molecular formula is C70H61N5O6S3. The fourth-order valence-electron chi connectivity index (χ4n) is 11.5. The van der Waals surface area contributed by atoms with Gasteiger partial charge in [-0.05, 0) is 72.3 Å². The standard InChI is InChI=1S/C70H61N5O6S3/c1-68(2)78-44-43-57(80-68)45-50-46-83-65-60(64(77)75(65)61(50)66(82)79-62(48-27-11-3-12-28-48)49-29-13-4-14-30-49)72-63(76)59(74-81-70(54-37-21-8-22-38-54,55-39-23-9-24-40-55)56-41-25-10-26-42-56)58-47-84-67(71-58)73-69(51-31-15-5-16-32-51,52-33-17-6-18-34-52)53-35-19-7-20-36-53/h3-42,47,57,60,62,65H,43-46H2,1-2H3,(H,71,73)(H,72,76)/b74-59-/t57?,60?,65-/m1/s1. The van der Waals surface area contributed by atoms with Gasteiger partial charge in [0, 0.05) is 27.8 Å². The molecule has 2 amide bonds. The summed E-state index contributed by atoms with van der Waals surface area (Å²) in [6, 6.07) is 79.1. The summed E-state index contributed by atoms with van der Waals surface area (Å²) in [5.74, 6) is -1.30. The van der Waals surface area contributed by atoms with E-state index in [9.17, 15) is 0 Å². The second-order valence-electron chi connectivity index (χ2n) is 21.2. The van der Waals surface area contributed by atoms with E-state index in [4.69, 9.17) is 41.4 Å². The zero-order valence-corrected chi connectivity index (χ0v) is 48.8. The maximum absolute atomic E-state index is 15.7. The predicted octanol–water partition coefficient (Wildman–Crippen LogP) is 14.0. The number of ether oxygens (including phenoxy) is 3. The SMILES string of the molecule is CC1(C)OCCC(CC2=C(C(=S)OC(c3ccccc3)c3ccccc3)N3C(=O)C(NC(=O)/C(=N\OC(c4ccccc4)(c4ccccc4)c4ccccc4)c4csc(NC(c5ccccc5)(c5ccccc5)c5ccccc5)n4)[C@H]3SC2)O1. The molecule has 11 nitrogen and oxygen atoms in total. The van der Waals surface area contributed by atoms with Crippen molar-refractivity contribution in [1.29, 1.82) is 0 Å². The fraction of sp³-hybridized carbons (Fsp3) is 0.186. The first-order valence-electron chi connectivity index (χ1n) is 28.0. The summed E-state index contributed by atoms with van der Waals surface area (Å²) >= 11 is 9.22. The summed E-state index contributed by atoms with van der Waals surface area (Å²) in [7, 11) is 0. The van der Waals surface area contributed by atoms with Crippen molar-refractivity contribution in [3.8, 4) is 0 Å². The average Bonchev–Trinajstić information content (AvgIpc) is 1.80. The smallest absolute Gasteiger partial charge is 0.276 e. The molecule has 2 unspecified atom stereocenters. The number of rotatable bonds is 19. The molecule has 2 saturated heterocycles. The molecule has 14 heteroatoms. The lowest BCUT2D eigenvalue weighted by Crippen LogP contribution is -2.71. The normalized spacial score (nSPS) is 17.8. The van der Waals surface area contributed by atoms with Crippen LogP contribution >= 0.6 is 35.3 Å². The van der Waals surface area contributed by atoms with E-state index >= 15 is 9.59 Å². The van der Waals surface area contributed by atoms with Crippen LogP contribution in [0, 0.1) is 0 Å². The van der Waals surface area contributed by atoms with Crippen LogP contribution < -0.4 is 10.6 Å². The maximum Gasteiger partial charge on any atom is 0.276 e. The van der Waals surface area contributed by atoms with Crippen molar-refractivity contribution in [2.45, 2.75) is 67.2 Å². The summed E-state index contributed by atoms with van der Waals surface area (Å²) < 4.78 is 19.3. The van der Waals surface area contributed by atoms with Crippen LogP contribution in [0.5, 0.6) is 0 Å². The highest BCUT2D eigenvalue weighted by Crippen LogP contribution is 2.46. The number of oxime groups is 1.